The third-order valence-electron chi connectivity index (χ3n) is 4.26. The molecule has 4 rings (SSSR count). The van der Waals surface area contributed by atoms with E-state index in [-0.39, 0.29) is 17.7 Å². The van der Waals surface area contributed by atoms with Crippen molar-refractivity contribution in [2.75, 3.05) is 6.54 Å². The summed E-state index contributed by atoms with van der Waals surface area (Å²) >= 11 is 0. The lowest BCUT2D eigenvalue weighted by atomic mass is 9.98. The predicted octanol–water partition coefficient (Wildman–Crippen LogP) is 2.37. The fraction of sp³-hybridized carbons (Fsp3) is 0.222. The molecular formula is C18H18N4O2. The van der Waals surface area contributed by atoms with Crippen molar-refractivity contribution < 1.29 is 9.21 Å². The molecule has 0 radical (unpaired) electrons. The number of hydrogen-bond acceptors (Lipinski definition) is 5. The van der Waals surface area contributed by atoms with Crippen LogP contribution in [-0.2, 0) is 7.05 Å². The third-order valence-corrected chi connectivity index (χ3v) is 4.26. The number of carbonyl (C=O) groups is 1. The number of hydrazine groups is 1. The lowest BCUT2D eigenvalue weighted by Crippen LogP contribution is -2.24. The van der Waals surface area contributed by atoms with Gasteiger partial charge in [-0.1, -0.05) is 24.3 Å². The summed E-state index contributed by atoms with van der Waals surface area (Å²) in [7, 11) is 1.79. The summed E-state index contributed by atoms with van der Waals surface area (Å²) in [6.45, 7) is 0.735. The summed E-state index contributed by atoms with van der Waals surface area (Å²) < 4.78 is 7.56. The normalized spacial score (nSPS) is 21.0. The first-order valence-corrected chi connectivity index (χ1v) is 7.89. The summed E-state index contributed by atoms with van der Waals surface area (Å²) in [5.74, 6) is 0.953. The van der Waals surface area contributed by atoms with Crippen LogP contribution in [0.25, 0.3) is 11.0 Å². The maximum absolute atomic E-state index is 12.2. The van der Waals surface area contributed by atoms with E-state index in [2.05, 4.69) is 16.0 Å². The van der Waals surface area contributed by atoms with Crippen LogP contribution in [0.15, 0.2) is 59.3 Å². The topological polar surface area (TPSA) is 72.1 Å². The quantitative estimate of drug-likeness (QED) is 0.570. The van der Waals surface area contributed by atoms with Crippen molar-refractivity contribution in [3.8, 4) is 0 Å². The number of rotatable bonds is 4. The van der Waals surface area contributed by atoms with E-state index < -0.39 is 0 Å². The van der Waals surface area contributed by atoms with Crippen LogP contribution in [0.1, 0.15) is 22.2 Å². The fourth-order valence-electron chi connectivity index (χ4n) is 2.98. The van der Waals surface area contributed by atoms with E-state index in [4.69, 9.17) is 4.42 Å². The van der Waals surface area contributed by atoms with E-state index in [0.29, 0.717) is 5.56 Å². The number of aryl methyl sites for hydroxylation is 1. The van der Waals surface area contributed by atoms with Gasteiger partial charge in [0.1, 0.15) is 11.3 Å². The Hall–Kier alpha value is -2.70. The Balaban J connectivity index is 1.54. The molecule has 0 amide bonds. The molecule has 3 aromatic rings. The minimum Gasteiger partial charge on any atom is -0.459 e. The molecule has 3 heterocycles. The van der Waals surface area contributed by atoms with Gasteiger partial charge in [0.05, 0.1) is 17.8 Å². The number of benzene rings is 1. The second kappa shape index (κ2) is 6.07. The summed E-state index contributed by atoms with van der Waals surface area (Å²) in [5, 5.41) is 5.11. The maximum atomic E-state index is 12.2. The standard InChI is InChI=1S/C18H18N4O2/c1-22-11-14(10-20-22)15(23)7-6-13-9-19-21-18(13)17-8-12-4-2-3-5-16(12)24-17/h2-8,10-11,13,18-19,21H,9H2,1H3/b7-6+. The van der Waals surface area contributed by atoms with Crippen molar-refractivity contribution in [1.29, 1.82) is 0 Å². The molecular weight excluding hydrogens is 304 g/mol. The number of aromatic nitrogens is 2. The van der Waals surface area contributed by atoms with Crippen LogP contribution in [0.4, 0.5) is 0 Å². The Kier molecular flexibility index (Phi) is 3.76. The molecule has 122 valence electrons. The van der Waals surface area contributed by atoms with Gasteiger partial charge < -0.3 is 4.42 Å². The van der Waals surface area contributed by atoms with Gasteiger partial charge in [-0.3, -0.25) is 14.9 Å². The molecule has 2 atom stereocenters. The van der Waals surface area contributed by atoms with Crippen molar-refractivity contribution in [1.82, 2.24) is 20.6 Å². The second-order valence-corrected chi connectivity index (χ2v) is 5.98. The van der Waals surface area contributed by atoms with Gasteiger partial charge in [0.15, 0.2) is 5.78 Å². The Morgan fingerprint density at radius 1 is 1.42 bits per heavy atom. The number of nitrogens with zero attached hydrogens (tertiary/aromatic N) is 2. The van der Waals surface area contributed by atoms with E-state index in [9.17, 15) is 4.79 Å². The minimum atomic E-state index is -0.0432. The summed E-state index contributed by atoms with van der Waals surface area (Å²) in [4.78, 5) is 12.2. The van der Waals surface area contributed by atoms with Crippen molar-refractivity contribution >= 4 is 16.8 Å². The first-order chi connectivity index (χ1) is 11.7. The SMILES string of the molecule is Cn1cc(C(=O)/C=C/C2CNNC2c2cc3ccccc3o2)cn1. The van der Waals surface area contributed by atoms with Gasteiger partial charge in [-0.25, -0.2) is 5.43 Å². The molecule has 1 aliphatic heterocycles. The molecule has 1 aromatic carbocycles. The monoisotopic (exact) mass is 322 g/mol. The van der Waals surface area contributed by atoms with Crippen LogP contribution in [-0.4, -0.2) is 22.1 Å². The zero-order valence-electron chi connectivity index (χ0n) is 13.3. The van der Waals surface area contributed by atoms with E-state index in [1.54, 1.807) is 30.2 Å². The van der Waals surface area contributed by atoms with Gasteiger partial charge in [-0.05, 0) is 18.2 Å². The number of ketones is 1. The van der Waals surface area contributed by atoms with Gasteiger partial charge in [0, 0.05) is 31.1 Å². The van der Waals surface area contributed by atoms with Gasteiger partial charge in [-0.2, -0.15) is 5.10 Å². The molecule has 2 N–H and O–H groups in total. The smallest absolute Gasteiger partial charge is 0.188 e. The maximum Gasteiger partial charge on any atom is 0.188 e. The van der Waals surface area contributed by atoms with Crippen molar-refractivity contribution in [2.24, 2.45) is 13.0 Å². The molecule has 0 aliphatic carbocycles. The highest BCUT2D eigenvalue weighted by molar-refractivity contribution is 6.04. The average Bonchev–Trinajstić information content (AvgIpc) is 3.30. The zero-order valence-corrected chi connectivity index (χ0v) is 13.3. The van der Waals surface area contributed by atoms with Gasteiger partial charge in [-0.15, -0.1) is 0 Å². The number of furan rings is 1. The van der Waals surface area contributed by atoms with Gasteiger partial charge in [0.25, 0.3) is 0 Å². The molecule has 2 unspecified atom stereocenters. The molecule has 0 bridgehead atoms. The Morgan fingerprint density at radius 2 is 2.29 bits per heavy atom. The van der Waals surface area contributed by atoms with E-state index in [0.717, 1.165) is 23.3 Å². The Bertz CT molecular complexity index is 876. The number of para-hydroxylation sites is 1. The largest absolute Gasteiger partial charge is 0.459 e. The van der Waals surface area contributed by atoms with Gasteiger partial charge >= 0.3 is 0 Å². The Morgan fingerprint density at radius 3 is 3.08 bits per heavy atom. The van der Waals surface area contributed by atoms with Crippen molar-refractivity contribution in [3.05, 3.63) is 66.2 Å². The van der Waals surface area contributed by atoms with Crippen LogP contribution in [0.2, 0.25) is 0 Å². The lowest BCUT2D eigenvalue weighted by Gasteiger charge is -2.11. The first kappa shape index (κ1) is 14.9. The zero-order chi connectivity index (χ0) is 16.5. The second-order valence-electron chi connectivity index (χ2n) is 5.98. The highest BCUT2D eigenvalue weighted by Crippen LogP contribution is 2.30. The van der Waals surface area contributed by atoms with E-state index in [1.165, 1.54) is 0 Å². The molecule has 24 heavy (non-hydrogen) atoms. The lowest BCUT2D eigenvalue weighted by molar-refractivity contribution is 0.104. The summed E-state index contributed by atoms with van der Waals surface area (Å²) in [6.07, 6.45) is 6.84. The molecule has 1 aliphatic rings. The molecule has 6 nitrogen and oxygen atoms in total. The molecule has 1 saturated heterocycles. The van der Waals surface area contributed by atoms with Crippen LogP contribution < -0.4 is 10.9 Å². The summed E-state index contributed by atoms with van der Waals surface area (Å²) in [6, 6.07) is 9.98. The number of carbonyl (C=O) groups excluding carboxylic acids is 1. The van der Waals surface area contributed by atoms with Crippen LogP contribution in [0, 0.1) is 5.92 Å². The van der Waals surface area contributed by atoms with E-state index >= 15 is 0 Å². The van der Waals surface area contributed by atoms with E-state index in [1.807, 2.05) is 36.4 Å². The average molecular weight is 322 g/mol. The number of fused-ring (bicyclic) bond motifs is 1. The number of allylic oxidation sites excluding steroid dienone is 1. The fourth-order valence-corrected chi connectivity index (χ4v) is 2.98. The third kappa shape index (κ3) is 2.77. The first-order valence-electron chi connectivity index (χ1n) is 7.89. The van der Waals surface area contributed by atoms with Crippen LogP contribution >= 0.6 is 0 Å². The van der Waals surface area contributed by atoms with Crippen molar-refractivity contribution in [2.45, 2.75) is 6.04 Å². The number of nitrogens with one attached hydrogen (secondary N) is 2. The minimum absolute atomic E-state index is 0.00431. The molecule has 2 aromatic heterocycles. The van der Waals surface area contributed by atoms with Crippen molar-refractivity contribution in [3.63, 3.8) is 0 Å². The molecule has 6 heteroatoms. The molecule has 0 saturated carbocycles. The Labute approximate surface area is 139 Å². The van der Waals surface area contributed by atoms with Crippen LogP contribution in [0.5, 0.6) is 0 Å². The number of hydrogen-bond donors (Lipinski definition) is 2. The predicted molar refractivity (Wildman–Crippen MR) is 90.3 cm³/mol. The molecule has 1 fully saturated rings. The highest BCUT2D eigenvalue weighted by atomic mass is 16.3. The van der Waals surface area contributed by atoms with Crippen LogP contribution in [0.3, 0.4) is 0 Å². The summed E-state index contributed by atoms with van der Waals surface area (Å²) in [5.41, 5.74) is 7.83. The highest BCUT2D eigenvalue weighted by Gasteiger charge is 2.29. The van der Waals surface area contributed by atoms with Gasteiger partial charge in [0.2, 0.25) is 0 Å². The molecule has 0 spiro atoms.